The Kier molecular flexibility index (Phi) is 2.83. The molecule has 4 heteroatoms. The molecule has 0 aliphatic heterocycles. The van der Waals surface area contributed by atoms with Crippen molar-refractivity contribution in [3.05, 3.63) is 34.1 Å². The lowest BCUT2D eigenvalue weighted by atomic mass is 10.1. The van der Waals surface area contributed by atoms with Crippen molar-refractivity contribution in [3.63, 3.8) is 0 Å². The molecule has 2 rings (SSSR count). The summed E-state index contributed by atoms with van der Waals surface area (Å²) in [7, 11) is 1.91. The molecule has 0 aliphatic rings. The van der Waals surface area contributed by atoms with Crippen LogP contribution in [0.3, 0.4) is 0 Å². The first-order chi connectivity index (χ1) is 7.93. The number of benzene rings is 1. The van der Waals surface area contributed by atoms with Gasteiger partial charge in [0.2, 0.25) is 0 Å². The van der Waals surface area contributed by atoms with Crippen LogP contribution in [-0.2, 0) is 7.05 Å². The van der Waals surface area contributed by atoms with E-state index in [9.17, 15) is 4.79 Å². The maximum absolute atomic E-state index is 12.3. The predicted octanol–water partition coefficient (Wildman–Crippen LogP) is 1.94. The van der Waals surface area contributed by atoms with E-state index in [1.54, 1.807) is 4.68 Å². The third-order valence-corrected chi connectivity index (χ3v) is 3.15. The van der Waals surface area contributed by atoms with Crippen LogP contribution in [0.25, 0.3) is 10.9 Å². The molecule has 17 heavy (non-hydrogen) atoms. The summed E-state index contributed by atoms with van der Waals surface area (Å²) in [6, 6.07) is 5.96. The van der Waals surface area contributed by atoms with Gasteiger partial charge in [0.1, 0.15) is 0 Å². The minimum Gasteiger partial charge on any atom is -0.324 e. The van der Waals surface area contributed by atoms with Gasteiger partial charge in [-0.25, -0.2) is 4.68 Å². The van der Waals surface area contributed by atoms with Crippen LogP contribution in [0.2, 0.25) is 0 Å². The van der Waals surface area contributed by atoms with Gasteiger partial charge in [-0.05, 0) is 38.5 Å². The molecule has 0 saturated carbocycles. The van der Waals surface area contributed by atoms with Gasteiger partial charge in [0, 0.05) is 19.1 Å². The monoisotopic (exact) mass is 233 g/mol. The van der Waals surface area contributed by atoms with Crippen LogP contribution >= 0.6 is 0 Å². The van der Waals surface area contributed by atoms with Gasteiger partial charge in [-0.2, -0.15) is 0 Å². The van der Waals surface area contributed by atoms with E-state index in [4.69, 9.17) is 5.73 Å². The van der Waals surface area contributed by atoms with E-state index in [-0.39, 0.29) is 17.6 Å². The van der Waals surface area contributed by atoms with Gasteiger partial charge < -0.3 is 5.73 Å². The lowest BCUT2D eigenvalue weighted by molar-refractivity contribution is 0.447. The van der Waals surface area contributed by atoms with Crippen molar-refractivity contribution in [1.82, 2.24) is 9.36 Å². The molecule has 0 amide bonds. The Balaban J connectivity index is 2.80. The number of hydrogen-bond donors (Lipinski definition) is 1. The number of fused-ring (bicyclic) bond motifs is 1. The summed E-state index contributed by atoms with van der Waals surface area (Å²) in [5, 5.41) is 0.746. The Labute approximate surface area is 101 Å². The molecule has 4 nitrogen and oxygen atoms in total. The average molecular weight is 233 g/mol. The van der Waals surface area contributed by atoms with Crippen LogP contribution in [0, 0.1) is 0 Å². The molecule has 0 bridgehead atoms. The first kappa shape index (κ1) is 11.9. The highest BCUT2D eigenvalue weighted by molar-refractivity contribution is 5.79. The first-order valence-corrected chi connectivity index (χ1v) is 5.90. The maximum atomic E-state index is 12.3. The number of rotatable bonds is 2. The van der Waals surface area contributed by atoms with E-state index in [0.29, 0.717) is 0 Å². The zero-order chi connectivity index (χ0) is 12.7. The second-order valence-corrected chi connectivity index (χ2v) is 4.83. The molecule has 0 radical (unpaired) electrons. The Morgan fingerprint density at radius 1 is 1.24 bits per heavy atom. The second kappa shape index (κ2) is 4.04. The number of nitrogens with zero attached hydrogens (tertiary/aromatic N) is 2. The van der Waals surface area contributed by atoms with Crippen LogP contribution in [0.5, 0.6) is 0 Å². The smallest absolute Gasteiger partial charge is 0.274 e. The van der Waals surface area contributed by atoms with Gasteiger partial charge >= 0.3 is 0 Å². The number of nitrogens with two attached hydrogens (primary N) is 1. The first-order valence-electron chi connectivity index (χ1n) is 5.90. The molecule has 1 heterocycles. The molecule has 1 atom stereocenters. The highest BCUT2D eigenvalue weighted by Crippen LogP contribution is 2.18. The predicted molar refractivity (Wildman–Crippen MR) is 70.2 cm³/mol. The largest absolute Gasteiger partial charge is 0.324 e. The third-order valence-electron chi connectivity index (χ3n) is 3.15. The van der Waals surface area contributed by atoms with E-state index in [2.05, 4.69) is 0 Å². The molecule has 2 N–H and O–H groups in total. The summed E-state index contributed by atoms with van der Waals surface area (Å²) in [5.41, 5.74) is 7.85. The number of aryl methyl sites for hydroxylation is 1. The van der Waals surface area contributed by atoms with E-state index in [1.807, 2.05) is 50.7 Å². The standard InChI is InChI=1S/C13H19N3O/c1-8(2)16-13(17)11-7-10(9(3)14)5-6-12(11)15(16)4/h5-9H,14H2,1-4H3. The average Bonchev–Trinajstić information content (AvgIpc) is 2.51. The summed E-state index contributed by atoms with van der Waals surface area (Å²) in [4.78, 5) is 12.3. The van der Waals surface area contributed by atoms with Crippen LogP contribution in [-0.4, -0.2) is 9.36 Å². The van der Waals surface area contributed by atoms with E-state index < -0.39 is 0 Å². The zero-order valence-electron chi connectivity index (χ0n) is 10.8. The number of aromatic nitrogens is 2. The van der Waals surface area contributed by atoms with Gasteiger partial charge in [0.25, 0.3) is 5.56 Å². The summed E-state index contributed by atoms with van der Waals surface area (Å²) in [6.07, 6.45) is 0. The van der Waals surface area contributed by atoms with Crippen molar-refractivity contribution in [1.29, 1.82) is 0 Å². The third kappa shape index (κ3) is 1.78. The lowest BCUT2D eigenvalue weighted by Gasteiger charge is -2.10. The fourth-order valence-electron chi connectivity index (χ4n) is 2.25. The van der Waals surface area contributed by atoms with E-state index in [0.717, 1.165) is 16.5 Å². The van der Waals surface area contributed by atoms with Gasteiger partial charge in [-0.3, -0.25) is 9.48 Å². The van der Waals surface area contributed by atoms with Crippen LogP contribution in [0.1, 0.15) is 38.4 Å². The minimum atomic E-state index is -0.0495. The molecular formula is C13H19N3O. The normalized spacial score (nSPS) is 13.5. The molecule has 2 aromatic rings. The van der Waals surface area contributed by atoms with Crippen molar-refractivity contribution in [3.8, 4) is 0 Å². The van der Waals surface area contributed by atoms with Gasteiger partial charge in [-0.15, -0.1) is 0 Å². The minimum absolute atomic E-state index is 0.0495. The van der Waals surface area contributed by atoms with Crippen molar-refractivity contribution in [2.45, 2.75) is 32.9 Å². The second-order valence-electron chi connectivity index (χ2n) is 4.83. The van der Waals surface area contributed by atoms with Crippen LogP contribution in [0.15, 0.2) is 23.0 Å². The van der Waals surface area contributed by atoms with E-state index in [1.165, 1.54) is 0 Å². The van der Waals surface area contributed by atoms with Crippen molar-refractivity contribution < 1.29 is 0 Å². The molecule has 1 aromatic heterocycles. The maximum Gasteiger partial charge on any atom is 0.274 e. The number of hydrogen-bond acceptors (Lipinski definition) is 2. The van der Waals surface area contributed by atoms with Crippen LogP contribution in [0.4, 0.5) is 0 Å². The van der Waals surface area contributed by atoms with E-state index >= 15 is 0 Å². The summed E-state index contributed by atoms with van der Waals surface area (Å²) < 4.78 is 3.67. The SMILES string of the molecule is CC(N)c1ccc2c(c1)c(=O)n(C(C)C)n2C. The van der Waals surface area contributed by atoms with Crippen LogP contribution < -0.4 is 11.3 Å². The molecule has 1 aromatic carbocycles. The molecule has 1 unspecified atom stereocenters. The molecule has 0 fully saturated rings. The Hall–Kier alpha value is -1.55. The van der Waals surface area contributed by atoms with Crippen molar-refractivity contribution in [2.75, 3.05) is 0 Å². The molecule has 0 aliphatic carbocycles. The summed E-state index contributed by atoms with van der Waals surface area (Å²) in [6.45, 7) is 5.94. The quantitative estimate of drug-likeness (QED) is 0.861. The van der Waals surface area contributed by atoms with Gasteiger partial charge in [0.15, 0.2) is 0 Å². The summed E-state index contributed by atoms with van der Waals surface area (Å²) >= 11 is 0. The Bertz CT molecular complexity index is 605. The topological polar surface area (TPSA) is 53.0 Å². The lowest BCUT2D eigenvalue weighted by Crippen LogP contribution is -2.23. The Morgan fingerprint density at radius 2 is 1.88 bits per heavy atom. The summed E-state index contributed by atoms with van der Waals surface area (Å²) in [5.74, 6) is 0. The highest BCUT2D eigenvalue weighted by atomic mass is 16.1. The Morgan fingerprint density at radius 3 is 2.41 bits per heavy atom. The zero-order valence-corrected chi connectivity index (χ0v) is 10.8. The van der Waals surface area contributed by atoms with Crippen molar-refractivity contribution in [2.24, 2.45) is 12.8 Å². The van der Waals surface area contributed by atoms with Gasteiger partial charge in [0.05, 0.1) is 10.9 Å². The molecular weight excluding hydrogens is 214 g/mol. The molecule has 0 saturated heterocycles. The highest BCUT2D eigenvalue weighted by Gasteiger charge is 2.13. The fraction of sp³-hybridized carbons (Fsp3) is 0.462. The fourth-order valence-corrected chi connectivity index (χ4v) is 2.25. The molecule has 0 spiro atoms. The molecule has 92 valence electrons. The van der Waals surface area contributed by atoms with Crippen molar-refractivity contribution >= 4 is 10.9 Å². The van der Waals surface area contributed by atoms with Gasteiger partial charge in [-0.1, -0.05) is 6.07 Å².